The molecule has 0 radical (unpaired) electrons. The first-order valence-electron chi connectivity index (χ1n) is 9.50. The van der Waals surface area contributed by atoms with Gasteiger partial charge < -0.3 is 9.64 Å². The zero-order valence-corrected chi connectivity index (χ0v) is 15.9. The van der Waals surface area contributed by atoms with Crippen LogP contribution >= 0.6 is 0 Å². The van der Waals surface area contributed by atoms with Gasteiger partial charge in [-0.15, -0.1) is 0 Å². The molecule has 0 aliphatic heterocycles. The first-order valence-corrected chi connectivity index (χ1v) is 9.50. The van der Waals surface area contributed by atoms with Crippen LogP contribution in [0.4, 0.5) is 0 Å². The van der Waals surface area contributed by atoms with E-state index in [-0.39, 0.29) is 0 Å². The maximum atomic E-state index is 6.19. The molecule has 1 aliphatic carbocycles. The fourth-order valence-electron chi connectivity index (χ4n) is 3.64. The van der Waals surface area contributed by atoms with Crippen molar-refractivity contribution in [3.8, 4) is 5.88 Å². The largest absolute Gasteiger partial charge is 0.473 e. The quantitative estimate of drug-likeness (QED) is 0.747. The molecule has 0 N–H and O–H groups in total. The van der Waals surface area contributed by atoms with Gasteiger partial charge in [0.15, 0.2) is 0 Å². The number of aryl methyl sites for hydroxylation is 1. The Bertz CT molecular complexity index is 672. The Morgan fingerprint density at radius 1 is 1.16 bits per heavy atom. The van der Waals surface area contributed by atoms with Crippen LogP contribution in [0.25, 0.3) is 0 Å². The molecular weight excluding hydrogens is 310 g/mol. The van der Waals surface area contributed by atoms with E-state index >= 15 is 0 Å². The molecule has 136 valence electrons. The molecule has 1 aromatic heterocycles. The third-order valence-corrected chi connectivity index (χ3v) is 5.06. The van der Waals surface area contributed by atoms with Crippen LogP contribution in [0.3, 0.4) is 0 Å². The van der Waals surface area contributed by atoms with E-state index in [4.69, 9.17) is 9.84 Å². The maximum absolute atomic E-state index is 6.19. The van der Waals surface area contributed by atoms with Gasteiger partial charge in [0.25, 0.3) is 0 Å². The van der Waals surface area contributed by atoms with Gasteiger partial charge in [0.05, 0.1) is 5.69 Å². The van der Waals surface area contributed by atoms with Crippen molar-refractivity contribution in [2.45, 2.75) is 58.7 Å². The van der Waals surface area contributed by atoms with Crippen molar-refractivity contribution >= 4 is 0 Å². The molecule has 4 heteroatoms. The summed E-state index contributed by atoms with van der Waals surface area (Å²) in [5.41, 5.74) is 3.59. The van der Waals surface area contributed by atoms with Crippen LogP contribution in [0.1, 0.15) is 48.9 Å². The second kappa shape index (κ2) is 8.52. The molecule has 0 spiro atoms. The minimum atomic E-state index is 0.602. The van der Waals surface area contributed by atoms with Crippen molar-refractivity contribution in [1.82, 2.24) is 14.7 Å². The zero-order chi connectivity index (χ0) is 17.6. The van der Waals surface area contributed by atoms with Gasteiger partial charge in [0.2, 0.25) is 5.88 Å². The summed E-state index contributed by atoms with van der Waals surface area (Å²) in [6.07, 6.45) is 6.74. The van der Waals surface area contributed by atoms with Crippen molar-refractivity contribution < 1.29 is 4.74 Å². The Kier molecular flexibility index (Phi) is 6.14. The topological polar surface area (TPSA) is 30.3 Å². The number of hydrogen-bond donors (Lipinski definition) is 0. The number of rotatable bonds is 7. The minimum Gasteiger partial charge on any atom is -0.473 e. The molecule has 0 amide bonds. The Morgan fingerprint density at radius 2 is 1.92 bits per heavy atom. The fourth-order valence-corrected chi connectivity index (χ4v) is 3.64. The second-order valence-electron chi connectivity index (χ2n) is 7.61. The van der Waals surface area contributed by atoms with E-state index in [0.717, 1.165) is 30.6 Å². The van der Waals surface area contributed by atoms with E-state index in [2.05, 4.69) is 60.9 Å². The van der Waals surface area contributed by atoms with Crippen molar-refractivity contribution in [2.75, 3.05) is 14.1 Å². The first kappa shape index (κ1) is 18.0. The molecule has 25 heavy (non-hydrogen) atoms. The van der Waals surface area contributed by atoms with E-state index in [1.807, 2.05) is 0 Å². The highest BCUT2D eigenvalue weighted by atomic mass is 16.5. The SMILES string of the molecule is Cc1ccccc1COc1cc(CN(C)C)nn1CC1CCCCC1. The van der Waals surface area contributed by atoms with Crippen LogP contribution in [-0.4, -0.2) is 28.8 Å². The number of aromatic nitrogens is 2. The standard InChI is InChI=1S/C21H31N3O/c1-17-9-7-8-12-19(17)16-25-21-13-20(15-23(2)3)22-24(21)14-18-10-5-4-6-11-18/h7-9,12-13,18H,4-6,10-11,14-16H2,1-3H3. The lowest BCUT2D eigenvalue weighted by molar-refractivity contribution is 0.244. The summed E-state index contributed by atoms with van der Waals surface area (Å²) in [6.45, 7) is 4.56. The van der Waals surface area contributed by atoms with Gasteiger partial charge in [-0.2, -0.15) is 5.10 Å². The molecule has 2 aromatic rings. The van der Waals surface area contributed by atoms with Crippen LogP contribution in [0.2, 0.25) is 0 Å². The molecule has 0 bridgehead atoms. The summed E-state index contributed by atoms with van der Waals surface area (Å²) in [4.78, 5) is 2.15. The van der Waals surface area contributed by atoms with Gasteiger partial charge in [-0.1, -0.05) is 43.5 Å². The van der Waals surface area contributed by atoms with Crippen molar-refractivity contribution in [1.29, 1.82) is 0 Å². The van der Waals surface area contributed by atoms with Gasteiger partial charge in [-0.25, -0.2) is 4.68 Å². The van der Waals surface area contributed by atoms with E-state index in [0.29, 0.717) is 6.61 Å². The highest BCUT2D eigenvalue weighted by Crippen LogP contribution is 2.27. The van der Waals surface area contributed by atoms with Gasteiger partial charge in [-0.3, -0.25) is 0 Å². The highest BCUT2D eigenvalue weighted by Gasteiger charge is 2.18. The van der Waals surface area contributed by atoms with Crippen molar-refractivity contribution in [3.63, 3.8) is 0 Å². The molecule has 1 saturated carbocycles. The van der Waals surface area contributed by atoms with Crippen LogP contribution in [0.5, 0.6) is 5.88 Å². The number of ether oxygens (including phenoxy) is 1. The Balaban J connectivity index is 1.72. The number of hydrogen-bond acceptors (Lipinski definition) is 3. The lowest BCUT2D eigenvalue weighted by Crippen LogP contribution is -2.17. The third kappa shape index (κ3) is 5.08. The Hall–Kier alpha value is -1.81. The Labute approximate surface area is 151 Å². The first-order chi connectivity index (χ1) is 12.1. The van der Waals surface area contributed by atoms with E-state index < -0.39 is 0 Å². The summed E-state index contributed by atoms with van der Waals surface area (Å²) in [5.74, 6) is 1.65. The minimum absolute atomic E-state index is 0.602. The van der Waals surface area contributed by atoms with Crippen LogP contribution in [0.15, 0.2) is 30.3 Å². The van der Waals surface area contributed by atoms with Crippen LogP contribution < -0.4 is 4.74 Å². The molecule has 3 rings (SSSR count). The fraction of sp³-hybridized carbons (Fsp3) is 0.571. The zero-order valence-electron chi connectivity index (χ0n) is 15.9. The van der Waals surface area contributed by atoms with Gasteiger partial charge in [-0.05, 0) is 50.9 Å². The van der Waals surface area contributed by atoms with Crippen LogP contribution in [0, 0.1) is 12.8 Å². The van der Waals surface area contributed by atoms with Gasteiger partial charge >= 0.3 is 0 Å². The second-order valence-corrected chi connectivity index (χ2v) is 7.61. The van der Waals surface area contributed by atoms with E-state index in [1.165, 1.54) is 43.2 Å². The average molecular weight is 341 g/mol. The van der Waals surface area contributed by atoms with E-state index in [9.17, 15) is 0 Å². The summed E-state index contributed by atoms with van der Waals surface area (Å²) < 4.78 is 8.29. The smallest absolute Gasteiger partial charge is 0.212 e. The summed E-state index contributed by atoms with van der Waals surface area (Å²) in [6, 6.07) is 10.5. The summed E-state index contributed by atoms with van der Waals surface area (Å²) in [7, 11) is 4.15. The van der Waals surface area contributed by atoms with Crippen molar-refractivity contribution in [2.24, 2.45) is 5.92 Å². The monoisotopic (exact) mass is 341 g/mol. The summed E-state index contributed by atoms with van der Waals surface area (Å²) >= 11 is 0. The normalized spacial score (nSPS) is 15.7. The molecule has 1 aliphatic rings. The number of nitrogens with zero attached hydrogens (tertiary/aromatic N) is 3. The molecule has 1 fully saturated rings. The molecule has 1 aromatic carbocycles. The molecule has 0 atom stereocenters. The molecule has 0 unspecified atom stereocenters. The third-order valence-electron chi connectivity index (χ3n) is 5.06. The van der Waals surface area contributed by atoms with E-state index in [1.54, 1.807) is 0 Å². The predicted octanol–water partition coefficient (Wildman–Crippen LogP) is 4.41. The summed E-state index contributed by atoms with van der Waals surface area (Å²) in [5, 5.41) is 4.83. The number of benzene rings is 1. The molecule has 4 nitrogen and oxygen atoms in total. The lowest BCUT2D eigenvalue weighted by Gasteiger charge is -2.22. The Morgan fingerprint density at radius 3 is 2.64 bits per heavy atom. The molecule has 1 heterocycles. The van der Waals surface area contributed by atoms with Crippen LogP contribution in [-0.2, 0) is 19.7 Å². The lowest BCUT2D eigenvalue weighted by atomic mass is 9.89. The van der Waals surface area contributed by atoms with Gasteiger partial charge in [0.1, 0.15) is 6.61 Å². The maximum Gasteiger partial charge on any atom is 0.212 e. The molecule has 0 saturated heterocycles. The van der Waals surface area contributed by atoms with Gasteiger partial charge in [0, 0.05) is 19.2 Å². The average Bonchev–Trinajstić information content (AvgIpc) is 2.95. The highest BCUT2D eigenvalue weighted by molar-refractivity contribution is 5.26. The molecular formula is C21H31N3O. The van der Waals surface area contributed by atoms with Crippen molar-refractivity contribution in [3.05, 3.63) is 47.2 Å². The predicted molar refractivity (Wildman–Crippen MR) is 102 cm³/mol.